The van der Waals surface area contributed by atoms with Crippen LogP contribution >= 0.6 is 11.3 Å². The Hall–Kier alpha value is -3.27. The standard InChI is InChI=1S/C28H35N5O3S/c1-18-14-33(15-19(2)36-18)23-10-6-7-20(12-23)24-16-37-27(31-24)32-25(34)13-30-26(35)21-8-5-9-22(11-21)28(3,4)17-29/h5-12,16,18-19H,13-15,17,29H2,1-4H3,(H,30,35)(H,31,32,34)/t18-,19+. The zero-order valence-corrected chi connectivity index (χ0v) is 22.6. The number of hydrogen-bond donors (Lipinski definition) is 3. The van der Waals surface area contributed by atoms with Gasteiger partial charge in [0.1, 0.15) is 0 Å². The smallest absolute Gasteiger partial charge is 0.251 e. The highest BCUT2D eigenvalue weighted by atomic mass is 32.1. The van der Waals surface area contributed by atoms with Gasteiger partial charge in [-0.15, -0.1) is 11.3 Å². The number of carbonyl (C=O) groups is 2. The fraction of sp³-hybridized carbons (Fsp3) is 0.393. The number of thiazole rings is 1. The van der Waals surface area contributed by atoms with E-state index in [9.17, 15) is 9.59 Å². The van der Waals surface area contributed by atoms with E-state index in [-0.39, 0.29) is 36.0 Å². The third kappa shape index (κ3) is 6.74. The molecule has 0 aliphatic carbocycles. The lowest BCUT2D eigenvalue weighted by Crippen LogP contribution is -2.45. The first-order valence-electron chi connectivity index (χ1n) is 12.5. The molecule has 4 N–H and O–H groups in total. The molecule has 1 saturated heterocycles. The van der Waals surface area contributed by atoms with Crippen LogP contribution in [-0.2, 0) is 14.9 Å². The van der Waals surface area contributed by atoms with Gasteiger partial charge in [-0.1, -0.05) is 38.1 Å². The van der Waals surface area contributed by atoms with Gasteiger partial charge in [0.05, 0.1) is 24.4 Å². The van der Waals surface area contributed by atoms with Crippen molar-refractivity contribution in [1.82, 2.24) is 10.3 Å². The second kappa shape index (κ2) is 11.4. The van der Waals surface area contributed by atoms with Crippen LogP contribution in [0.1, 0.15) is 43.6 Å². The Morgan fingerprint density at radius 1 is 1.14 bits per heavy atom. The Balaban J connectivity index is 1.35. The summed E-state index contributed by atoms with van der Waals surface area (Å²) in [5.41, 5.74) is 9.99. The number of morpholine rings is 1. The van der Waals surface area contributed by atoms with E-state index >= 15 is 0 Å². The lowest BCUT2D eigenvalue weighted by atomic mass is 9.84. The average molecular weight is 522 g/mol. The van der Waals surface area contributed by atoms with Crippen LogP contribution in [0.5, 0.6) is 0 Å². The highest BCUT2D eigenvalue weighted by Gasteiger charge is 2.23. The third-order valence-corrected chi connectivity index (χ3v) is 7.26. The molecule has 4 rings (SSSR count). The van der Waals surface area contributed by atoms with Crippen LogP contribution in [-0.4, -0.2) is 55.2 Å². The first-order chi connectivity index (χ1) is 17.6. The number of rotatable bonds is 8. The van der Waals surface area contributed by atoms with E-state index in [2.05, 4.69) is 46.5 Å². The molecule has 0 saturated carbocycles. The fourth-order valence-corrected chi connectivity index (χ4v) is 5.08. The number of nitrogens with zero attached hydrogens (tertiary/aromatic N) is 2. The normalized spacial score (nSPS) is 17.9. The van der Waals surface area contributed by atoms with Crippen LogP contribution in [0.2, 0.25) is 0 Å². The van der Waals surface area contributed by atoms with Crippen molar-refractivity contribution >= 4 is 34.0 Å². The number of nitrogens with two attached hydrogens (primary N) is 1. The van der Waals surface area contributed by atoms with Crippen LogP contribution in [0.3, 0.4) is 0 Å². The Bertz CT molecular complexity index is 1250. The van der Waals surface area contributed by atoms with Gasteiger partial charge in [0, 0.05) is 47.2 Å². The molecule has 1 fully saturated rings. The number of hydrogen-bond acceptors (Lipinski definition) is 7. The zero-order chi connectivity index (χ0) is 26.6. The molecule has 0 radical (unpaired) electrons. The summed E-state index contributed by atoms with van der Waals surface area (Å²) in [4.78, 5) is 32.0. The van der Waals surface area contributed by atoms with Crippen molar-refractivity contribution in [2.24, 2.45) is 5.73 Å². The molecular weight excluding hydrogens is 486 g/mol. The van der Waals surface area contributed by atoms with Gasteiger partial charge in [0.15, 0.2) is 5.13 Å². The van der Waals surface area contributed by atoms with Gasteiger partial charge in [-0.25, -0.2) is 4.98 Å². The molecule has 0 unspecified atom stereocenters. The van der Waals surface area contributed by atoms with Gasteiger partial charge < -0.3 is 26.0 Å². The predicted octanol–water partition coefficient (Wildman–Crippen LogP) is 4.03. The summed E-state index contributed by atoms with van der Waals surface area (Å²) in [6, 6.07) is 15.6. The molecular formula is C28H35N5O3S. The maximum atomic E-state index is 12.6. The summed E-state index contributed by atoms with van der Waals surface area (Å²) < 4.78 is 5.85. The van der Waals surface area contributed by atoms with E-state index in [1.165, 1.54) is 11.3 Å². The average Bonchev–Trinajstić information content (AvgIpc) is 3.35. The minimum atomic E-state index is -0.335. The van der Waals surface area contributed by atoms with Gasteiger partial charge in [0.25, 0.3) is 5.91 Å². The molecule has 196 valence electrons. The number of nitrogens with one attached hydrogen (secondary N) is 2. The van der Waals surface area contributed by atoms with E-state index in [4.69, 9.17) is 10.5 Å². The second-order valence-electron chi connectivity index (χ2n) is 10.2. The van der Waals surface area contributed by atoms with Crippen molar-refractivity contribution in [2.75, 3.05) is 36.4 Å². The van der Waals surface area contributed by atoms with Crippen LogP contribution in [0.15, 0.2) is 53.9 Å². The molecule has 1 aliphatic heterocycles. The Kier molecular flexibility index (Phi) is 8.26. The summed E-state index contributed by atoms with van der Waals surface area (Å²) in [6.45, 7) is 10.2. The van der Waals surface area contributed by atoms with Crippen LogP contribution in [0, 0.1) is 0 Å². The molecule has 9 heteroatoms. The quantitative estimate of drug-likeness (QED) is 0.413. The largest absolute Gasteiger partial charge is 0.372 e. The highest BCUT2D eigenvalue weighted by Crippen LogP contribution is 2.29. The molecule has 3 aromatic rings. The number of amides is 2. The lowest BCUT2D eigenvalue weighted by Gasteiger charge is -2.37. The van der Waals surface area contributed by atoms with Gasteiger partial charge in [-0.2, -0.15) is 0 Å². The molecule has 37 heavy (non-hydrogen) atoms. The summed E-state index contributed by atoms with van der Waals surface area (Å²) in [5.74, 6) is -0.647. The predicted molar refractivity (Wildman–Crippen MR) is 149 cm³/mol. The zero-order valence-electron chi connectivity index (χ0n) is 21.8. The molecule has 0 bridgehead atoms. The van der Waals surface area contributed by atoms with Crippen molar-refractivity contribution in [3.05, 3.63) is 65.0 Å². The van der Waals surface area contributed by atoms with Gasteiger partial charge >= 0.3 is 0 Å². The molecule has 1 aliphatic rings. The topological polar surface area (TPSA) is 110 Å². The summed E-state index contributed by atoms with van der Waals surface area (Å²) in [5, 5.41) is 7.87. The van der Waals surface area contributed by atoms with Gasteiger partial charge in [-0.05, 0) is 43.7 Å². The van der Waals surface area contributed by atoms with Crippen LogP contribution < -0.4 is 21.3 Å². The molecule has 0 spiro atoms. The fourth-order valence-electron chi connectivity index (χ4n) is 4.34. The molecule has 1 aromatic heterocycles. The first kappa shape index (κ1) is 26.8. The number of benzene rings is 2. The Morgan fingerprint density at radius 3 is 2.59 bits per heavy atom. The number of ether oxygens (including phenoxy) is 1. The summed E-state index contributed by atoms with van der Waals surface area (Å²) in [6.07, 6.45) is 0.353. The van der Waals surface area contributed by atoms with Crippen molar-refractivity contribution < 1.29 is 14.3 Å². The summed E-state index contributed by atoms with van der Waals surface area (Å²) in [7, 11) is 0. The Morgan fingerprint density at radius 2 is 1.86 bits per heavy atom. The van der Waals surface area contributed by atoms with E-state index in [0.717, 1.165) is 35.6 Å². The van der Waals surface area contributed by atoms with Crippen LogP contribution in [0.25, 0.3) is 11.3 Å². The van der Waals surface area contributed by atoms with Crippen molar-refractivity contribution in [2.45, 2.75) is 45.3 Å². The third-order valence-electron chi connectivity index (χ3n) is 6.50. The first-order valence-corrected chi connectivity index (χ1v) is 13.4. The van der Waals surface area contributed by atoms with E-state index in [0.29, 0.717) is 17.2 Å². The maximum Gasteiger partial charge on any atom is 0.251 e. The van der Waals surface area contributed by atoms with Crippen molar-refractivity contribution in [3.63, 3.8) is 0 Å². The molecule has 2 atom stereocenters. The van der Waals surface area contributed by atoms with E-state index in [1.54, 1.807) is 6.07 Å². The van der Waals surface area contributed by atoms with E-state index < -0.39 is 0 Å². The second-order valence-corrected chi connectivity index (χ2v) is 11.0. The lowest BCUT2D eigenvalue weighted by molar-refractivity contribution is -0.115. The number of anilines is 2. The molecule has 2 heterocycles. The Labute approximate surface area is 222 Å². The number of carbonyl (C=O) groups excluding carboxylic acids is 2. The minimum Gasteiger partial charge on any atom is -0.372 e. The molecule has 2 aromatic carbocycles. The minimum absolute atomic E-state index is 0.152. The van der Waals surface area contributed by atoms with E-state index in [1.807, 2.05) is 49.6 Å². The maximum absolute atomic E-state index is 12.6. The monoisotopic (exact) mass is 521 g/mol. The molecule has 2 amide bonds. The van der Waals surface area contributed by atoms with Crippen molar-refractivity contribution in [1.29, 1.82) is 0 Å². The highest BCUT2D eigenvalue weighted by molar-refractivity contribution is 7.14. The number of aromatic nitrogens is 1. The van der Waals surface area contributed by atoms with Gasteiger partial charge in [0.2, 0.25) is 5.91 Å². The SMILES string of the molecule is C[C@@H]1CN(c2cccc(-c3csc(NC(=O)CNC(=O)c4cccc(C(C)(C)CN)c4)n3)c2)C[C@H](C)O1. The van der Waals surface area contributed by atoms with Gasteiger partial charge in [-0.3, -0.25) is 9.59 Å². The molecule has 8 nitrogen and oxygen atoms in total. The van der Waals surface area contributed by atoms with Crippen LogP contribution in [0.4, 0.5) is 10.8 Å². The summed E-state index contributed by atoms with van der Waals surface area (Å²) >= 11 is 1.35. The van der Waals surface area contributed by atoms with Crippen molar-refractivity contribution in [3.8, 4) is 11.3 Å².